The normalized spacial score (nSPS) is 8.71. The molecule has 2 heteroatoms. The summed E-state index contributed by atoms with van der Waals surface area (Å²) in [5.74, 6) is 0. The Kier molecular flexibility index (Phi) is 5.39. The lowest BCUT2D eigenvalue weighted by Crippen LogP contribution is -2.09. The number of aliphatic hydroxyl groups is 1. The molecule has 0 aliphatic heterocycles. The molecule has 0 fully saturated rings. The minimum absolute atomic E-state index is 0.147. The summed E-state index contributed by atoms with van der Waals surface area (Å²) in [5.41, 5.74) is 0. The van der Waals surface area contributed by atoms with E-state index in [1.807, 2.05) is 0 Å². The SMILES string of the molecule is C=CC[N]CCO. The molecule has 0 amide bonds. The summed E-state index contributed by atoms with van der Waals surface area (Å²) in [6, 6.07) is 0. The smallest absolute Gasteiger partial charge is 0.0572 e. The lowest BCUT2D eigenvalue weighted by Gasteiger charge is -1.89. The molecule has 0 unspecified atom stereocenters. The number of nitrogens with zero attached hydrogens (tertiary/aromatic N) is 1. The highest BCUT2D eigenvalue weighted by molar-refractivity contribution is 4.68. The second-order valence-corrected chi connectivity index (χ2v) is 1.14. The van der Waals surface area contributed by atoms with Crippen LogP contribution in [-0.4, -0.2) is 24.8 Å². The van der Waals surface area contributed by atoms with Crippen LogP contribution in [0.2, 0.25) is 0 Å². The maximum atomic E-state index is 8.16. The van der Waals surface area contributed by atoms with Crippen LogP contribution in [0, 0.1) is 0 Å². The van der Waals surface area contributed by atoms with Crippen molar-refractivity contribution >= 4 is 0 Å². The van der Waals surface area contributed by atoms with Crippen LogP contribution in [0.15, 0.2) is 12.7 Å². The van der Waals surface area contributed by atoms with E-state index >= 15 is 0 Å². The van der Waals surface area contributed by atoms with E-state index in [9.17, 15) is 0 Å². The second kappa shape index (κ2) is 5.66. The van der Waals surface area contributed by atoms with Crippen molar-refractivity contribution in [2.75, 3.05) is 19.7 Å². The Hall–Kier alpha value is -0.340. The molecule has 41 valence electrons. The van der Waals surface area contributed by atoms with Crippen LogP contribution >= 0.6 is 0 Å². The van der Waals surface area contributed by atoms with Crippen molar-refractivity contribution in [3.8, 4) is 0 Å². The van der Waals surface area contributed by atoms with Gasteiger partial charge in [-0.25, -0.2) is 5.32 Å². The molecule has 0 aliphatic carbocycles. The Morgan fingerprint density at radius 1 is 1.71 bits per heavy atom. The van der Waals surface area contributed by atoms with Gasteiger partial charge in [-0.3, -0.25) is 0 Å². The summed E-state index contributed by atoms with van der Waals surface area (Å²) < 4.78 is 0. The van der Waals surface area contributed by atoms with Gasteiger partial charge in [-0.2, -0.15) is 0 Å². The molecule has 2 nitrogen and oxygen atoms in total. The molecule has 0 saturated carbocycles. The van der Waals surface area contributed by atoms with Gasteiger partial charge < -0.3 is 5.11 Å². The predicted molar refractivity (Wildman–Crippen MR) is 29.2 cm³/mol. The van der Waals surface area contributed by atoms with E-state index < -0.39 is 0 Å². The zero-order valence-electron chi connectivity index (χ0n) is 4.30. The molecule has 0 rings (SSSR count). The third-order valence-electron chi connectivity index (χ3n) is 0.516. The summed E-state index contributed by atoms with van der Waals surface area (Å²) in [6.07, 6.45) is 1.70. The van der Waals surface area contributed by atoms with Crippen LogP contribution in [0.4, 0.5) is 0 Å². The molecule has 0 heterocycles. The fourth-order valence-corrected chi connectivity index (χ4v) is 0.253. The van der Waals surface area contributed by atoms with Gasteiger partial charge in [0, 0.05) is 13.1 Å². The molecule has 0 atom stereocenters. The third-order valence-corrected chi connectivity index (χ3v) is 0.516. The van der Waals surface area contributed by atoms with Gasteiger partial charge in [0.15, 0.2) is 0 Å². The van der Waals surface area contributed by atoms with Gasteiger partial charge in [0.2, 0.25) is 0 Å². The molecular weight excluding hydrogens is 90.1 g/mol. The van der Waals surface area contributed by atoms with E-state index in [0.29, 0.717) is 13.1 Å². The van der Waals surface area contributed by atoms with E-state index in [4.69, 9.17) is 5.11 Å². The average molecular weight is 100 g/mol. The van der Waals surface area contributed by atoms with E-state index in [1.54, 1.807) is 6.08 Å². The zero-order valence-corrected chi connectivity index (χ0v) is 4.30. The Morgan fingerprint density at radius 2 is 2.43 bits per heavy atom. The van der Waals surface area contributed by atoms with E-state index in [-0.39, 0.29) is 6.61 Å². The molecule has 7 heavy (non-hydrogen) atoms. The molecule has 0 bridgehead atoms. The Morgan fingerprint density at radius 3 is 2.86 bits per heavy atom. The number of hydrogen-bond acceptors (Lipinski definition) is 1. The van der Waals surface area contributed by atoms with Crippen LogP contribution in [-0.2, 0) is 0 Å². The van der Waals surface area contributed by atoms with Gasteiger partial charge in [-0.05, 0) is 0 Å². The fraction of sp³-hybridized carbons (Fsp3) is 0.600. The molecule has 1 radical (unpaired) electrons. The van der Waals surface area contributed by atoms with Gasteiger partial charge in [0.1, 0.15) is 0 Å². The lowest BCUT2D eigenvalue weighted by atomic mass is 10.6. The summed E-state index contributed by atoms with van der Waals surface area (Å²) >= 11 is 0. The average Bonchev–Trinajstić information content (AvgIpc) is 1.69. The first kappa shape index (κ1) is 6.66. The van der Waals surface area contributed by atoms with Crippen LogP contribution in [0.5, 0.6) is 0 Å². The molecule has 0 aromatic rings. The Balaban J connectivity index is 2.56. The monoisotopic (exact) mass is 100 g/mol. The Bertz CT molecular complexity index is 45.3. The molecule has 1 N–H and O–H groups in total. The molecule has 0 aliphatic rings. The summed E-state index contributed by atoms with van der Waals surface area (Å²) in [7, 11) is 0. The highest BCUT2D eigenvalue weighted by atomic mass is 16.3. The molecule has 0 aromatic carbocycles. The van der Waals surface area contributed by atoms with E-state index in [0.717, 1.165) is 0 Å². The van der Waals surface area contributed by atoms with Gasteiger partial charge in [-0.1, -0.05) is 6.08 Å². The van der Waals surface area contributed by atoms with Crippen molar-refractivity contribution in [2.45, 2.75) is 0 Å². The summed E-state index contributed by atoms with van der Waals surface area (Å²) in [5, 5.41) is 12.0. The first-order valence-corrected chi connectivity index (χ1v) is 2.27. The standard InChI is InChI=1S/C5H10NO/c1-2-3-6-4-5-7/h2,7H,1,3-5H2. The Labute approximate surface area is 43.9 Å². The largest absolute Gasteiger partial charge is 0.395 e. The number of rotatable bonds is 4. The zero-order chi connectivity index (χ0) is 5.54. The lowest BCUT2D eigenvalue weighted by molar-refractivity contribution is 0.293. The van der Waals surface area contributed by atoms with Crippen molar-refractivity contribution in [3.05, 3.63) is 12.7 Å². The summed E-state index contributed by atoms with van der Waals surface area (Å²) in [4.78, 5) is 0. The predicted octanol–water partition coefficient (Wildman–Crippen LogP) is -0.231. The van der Waals surface area contributed by atoms with Gasteiger partial charge >= 0.3 is 0 Å². The van der Waals surface area contributed by atoms with Gasteiger partial charge in [-0.15, -0.1) is 6.58 Å². The van der Waals surface area contributed by atoms with Crippen molar-refractivity contribution in [1.82, 2.24) is 5.32 Å². The summed E-state index contributed by atoms with van der Waals surface area (Å²) in [6.45, 7) is 4.79. The topological polar surface area (TPSA) is 34.3 Å². The minimum atomic E-state index is 0.147. The van der Waals surface area contributed by atoms with E-state index in [2.05, 4.69) is 11.9 Å². The van der Waals surface area contributed by atoms with Crippen molar-refractivity contribution in [3.63, 3.8) is 0 Å². The van der Waals surface area contributed by atoms with Crippen LogP contribution < -0.4 is 5.32 Å². The number of hydrogen-bond donors (Lipinski definition) is 1. The fourth-order valence-electron chi connectivity index (χ4n) is 0.253. The number of aliphatic hydroxyl groups excluding tert-OH is 1. The van der Waals surface area contributed by atoms with E-state index in [1.165, 1.54) is 0 Å². The quantitative estimate of drug-likeness (QED) is 0.384. The molecule has 0 aromatic heterocycles. The maximum Gasteiger partial charge on any atom is 0.0572 e. The first-order valence-electron chi connectivity index (χ1n) is 2.27. The molecular formula is C5H10NO. The van der Waals surface area contributed by atoms with Crippen molar-refractivity contribution < 1.29 is 5.11 Å². The van der Waals surface area contributed by atoms with Crippen LogP contribution in [0.1, 0.15) is 0 Å². The maximum absolute atomic E-state index is 8.16. The van der Waals surface area contributed by atoms with Crippen molar-refractivity contribution in [1.29, 1.82) is 0 Å². The van der Waals surface area contributed by atoms with Gasteiger partial charge in [0.05, 0.1) is 6.61 Å². The van der Waals surface area contributed by atoms with Gasteiger partial charge in [0.25, 0.3) is 0 Å². The highest BCUT2D eigenvalue weighted by Gasteiger charge is 1.77. The molecule has 0 saturated heterocycles. The van der Waals surface area contributed by atoms with Crippen LogP contribution in [0.3, 0.4) is 0 Å². The third kappa shape index (κ3) is 5.66. The van der Waals surface area contributed by atoms with Crippen molar-refractivity contribution in [2.24, 2.45) is 0 Å². The minimum Gasteiger partial charge on any atom is -0.395 e. The second-order valence-electron chi connectivity index (χ2n) is 1.14. The first-order chi connectivity index (χ1) is 3.41. The highest BCUT2D eigenvalue weighted by Crippen LogP contribution is 1.61. The molecule has 0 spiro atoms. The van der Waals surface area contributed by atoms with Crippen LogP contribution in [0.25, 0.3) is 0 Å².